The molecular formula is C21H27N5O5S. The van der Waals surface area contributed by atoms with Crippen molar-refractivity contribution in [3.05, 3.63) is 58.1 Å². The zero-order chi connectivity index (χ0) is 23.1. The van der Waals surface area contributed by atoms with Gasteiger partial charge in [0, 0.05) is 44.0 Å². The molecule has 0 unspecified atom stereocenters. The fraction of sp³-hybridized carbons (Fsp3) is 0.381. The van der Waals surface area contributed by atoms with Crippen LogP contribution in [0.2, 0.25) is 0 Å². The monoisotopic (exact) mass is 461 g/mol. The van der Waals surface area contributed by atoms with Crippen LogP contribution < -0.4 is 10.3 Å². The van der Waals surface area contributed by atoms with Gasteiger partial charge in [0.05, 0.1) is 30.0 Å². The second kappa shape index (κ2) is 10.5. The lowest BCUT2D eigenvalue weighted by molar-refractivity contribution is -0.385. The molecule has 0 bridgehead atoms. The summed E-state index contributed by atoms with van der Waals surface area (Å²) >= 11 is 0. The van der Waals surface area contributed by atoms with Crippen LogP contribution in [0, 0.1) is 10.1 Å². The first-order chi connectivity index (χ1) is 15.4. The van der Waals surface area contributed by atoms with Gasteiger partial charge in [-0.05, 0) is 23.8 Å². The summed E-state index contributed by atoms with van der Waals surface area (Å²) in [7, 11) is -3.92. The molecule has 10 nitrogen and oxygen atoms in total. The zero-order valence-electron chi connectivity index (χ0n) is 18.1. The van der Waals surface area contributed by atoms with Crippen molar-refractivity contribution in [2.45, 2.75) is 18.7 Å². The average Bonchev–Trinajstić information content (AvgIpc) is 2.80. The summed E-state index contributed by atoms with van der Waals surface area (Å²) in [4.78, 5) is 12.6. The quantitative estimate of drug-likeness (QED) is 0.347. The lowest BCUT2D eigenvalue weighted by Gasteiger charge is -2.28. The normalized spacial score (nSPS) is 14.8. The molecule has 2 aromatic carbocycles. The summed E-state index contributed by atoms with van der Waals surface area (Å²) in [5, 5.41) is 15.3. The van der Waals surface area contributed by atoms with Crippen LogP contribution in [0.15, 0.2) is 52.5 Å². The Kier molecular flexibility index (Phi) is 7.78. The number of rotatable bonds is 9. The predicted molar refractivity (Wildman–Crippen MR) is 124 cm³/mol. The Balaban J connectivity index is 1.80. The number of ether oxygens (including phenoxy) is 1. The van der Waals surface area contributed by atoms with Crippen molar-refractivity contribution in [1.82, 2.24) is 4.31 Å². The Morgan fingerprint density at radius 3 is 2.41 bits per heavy atom. The molecule has 0 radical (unpaired) electrons. The molecule has 1 fully saturated rings. The molecule has 1 saturated heterocycles. The molecular weight excluding hydrogens is 434 g/mol. The maximum absolute atomic E-state index is 13.0. The van der Waals surface area contributed by atoms with Gasteiger partial charge in [0.2, 0.25) is 10.0 Å². The number of anilines is 2. The number of nitro groups is 1. The first kappa shape index (κ1) is 23.6. The van der Waals surface area contributed by atoms with Crippen LogP contribution in [0.3, 0.4) is 0 Å². The summed E-state index contributed by atoms with van der Waals surface area (Å²) in [6, 6.07) is 11.5. The van der Waals surface area contributed by atoms with Crippen molar-refractivity contribution < 1.29 is 18.1 Å². The molecule has 2 aromatic rings. The third-order valence-corrected chi connectivity index (χ3v) is 7.26. The molecule has 0 spiro atoms. The van der Waals surface area contributed by atoms with Crippen molar-refractivity contribution in [3.63, 3.8) is 0 Å². The van der Waals surface area contributed by atoms with Gasteiger partial charge in [-0.2, -0.15) is 9.41 Å². The van der Waals surface area contributed by atoms with Crippen LogP contribution in [0.4, 0.5) is 17.1 Å². The third kappa shape index (κ3) is 5.42. The Hall–Kier alpha value is -3.02. The maximum Gasteiger partial charge on any atom is 0.270 e. The topological polar surface area (TPSA) is 117 Å². The lowest BCUT2D eigenvalue weighted by atomic mass is 10.2. The third-order valence-electron chi connectivity index (χ3n) is 5.17. The lowest BCUT2D eigenvalue weighted by Crippen LogP contribution is -2.36. The number of morpholine rings is 1. The number of nitro benzene ring substituents is 1. The number of benzene rings is 2. The fourth-order valence-corrected chi connectivity index (χ4v) is 5.02. The highest BCUT2D eigenvalue weighted by Crippen LogP contribution is 2.29. The van der Waals surface area contributed by atoms with E-state index in [2.05, 4.69) is 15.4 Å². The molecule has 1 aliphatic rings. The van der Waals surface area contributed by atoms with E-state index >= 15 is 0 Å². The predicted octanol–water partition coefficient (Wildman–Crippen LogP) is 2.91. The smallest absolute Gasteiger partial charge is 0.270 e. The molecule has 32 heavy (non-hydrogen) atoms. The molecule has 172 valence electrons. The summed E-state index contributed by atoms with van der Waals surface area (Å²) < 4.78 is 32.6. The van der Waals surface area contributed by atoms with Crippen LogP contribution >= 0.6 is 0 Å². The van der Waals surface area contributed by atoms with Crippen molar-refractivity contribution in [2.75, 3.05) is 49.7 Å². The van der Waals surface area contributed by atoms with E-state index < -0.39 is 14.9 Å². The Morgan fingerprint density at radius 2 is 1.81 bits per heavy atom. The minimum absolute atomic E-state index is 0.170. The number of hydrogen-bond acceptors (Lipinski definition) is 8. The van der Waals surface area contributed by atoms with Crippen LogP contribution in [-0.4, -0.2) is 63.3 Å². The van der Waals surface area contributed by atoms with E-state index in [9.17, 15) is 18.5 Å². The molecule has 1 heterocycles. The summed E-state index contributed by atoms with van der Waals surface area (Å²) in [5.74, 6) is 0. The number of hydrazone groups is 1. The van der Waals surface area contributed by atoms with Crippen molar-refractivity contribution in [1.29, 1.82) is 0 Å². The van der Waals surface area contributed by atoms with Crippen LogP contribution in [0.1, 0.15) is 19.4 Å². The van der Waals surface area contributed by atoms with E-state index in [4.69, 9.17) is 4.74 Å². The van der Waals surface area contributed by atoms with Crippen LogP contribution in [0.5, 0.6) is 0 Å². The highest BCUT2D eigenvalue weighted by atomic mass is 32.2. The van der Waals surface area contributed by atoms with E-state index in [1.165, 1.54) is 16.4 Å². The number of nitrogens with one attached hydrogen (secondary N) is 1. The van der Waals surface area contributed by atoms with E-state index in [1.807, 2.05) is 24.3 Å². The van der Waals surface area contributed by atoms with Crippen LogP contribution in [0.25, 0.3) is 0 Å². The first-order valence-electron chi connectivity index (χ1n) is 10.4. The Morgan fingerprint density at radius 1 is 1.16 bits per heavy atom. The number of non-ortho nitro benzene ring substituents is 1. The highest BCUT2D eigenvalue weighted by molar-refractivity contribution is 7.89. The molecule has 1 N–H and O–H groups in total. The molecule has 11 heteroatoms. The minimum atomic E-state index is -3.92. The largest absolute Gasteiger partial charge is 0.378 e. The molecule has 0 aromatic heterocycles. The van der Waals surface area contributed by atoms with Gasteiger partial charge in [0.25, 0.3) is 5.69 Å². The van der Waals surface area contributed by atoms with Gasteiger partial charge in [-0.15, -0.1) is 0 Å². The molecule has 0 aliphatic carbocycles. The molecule has 0 saturated carbocycles. The highest BCUT2D eigenvalue weighted by Gasteiger charge is 2.27. The van der Waals surface area contributed by atoms with Gasteiger partial charge < -0.3 is 9.64 Å². The SMILES string of the molecule is CCN(CC)S(=O)(=O)c1cc([N+](=O)[O-])ccc1NN=Cc1ccc(N2CCOCC2)cc1. The standard InChI is InChI=1S/C21H27N5O5S/c1-3-25(4-2)32(29,30)21-15-19(26(27)28)9-10-20(21)23-22-16-17-5-7-18(8-6-17)24-11-13-31-14-12-24/h5-10,15-16,23H,3-4,11-14H2,1-2H3. The molecule has 3 rings (SSSR count). The van der Waals surface area contributed by atoms with Crippen molar-refractivity contribution >= 4 is 33.3 Å². The Bertz CT molecular complexity index is 1060. The fourth-order valence-electron chi connectivity index (χ4n) is 3.40. The molecule has 0 amide bonds. The Labute approximate surface area is 187 Å². The van der Waals surface area contributed by atoms with E-state index in [0.717, 1.165) is 30.4 Å². The second-order valence-electron chi connectivity index (χ2n) is 7.09. The summed E-state index contributed by atoms with van der Waals surface area (Å²) in [6.45, 7) is 7.04. The van der Waals surface area contributed by atoms with E-state index in [0.29, 0.717) is 13.2 Å². The molecule has 1 aliphatic heterocycles. The minimum Gasteiger partial charge on any atom is -0.378 e. The van der Waals surface area contributed by atoms with Gasteiger partial charge in [-0.1, -0.05) is 26.0 Å². The number of nitrogens with zero attached hydrogens (tertiary/aromatic N) is 4. The van der Waals surface area contributed by atoms with Gasteiger partial charge in [-0.25, -0.2) is 8.42 Å². The average molecular weight is 462 g/mol. The summed E-state index contributed by atoms with van der Waals surface area (Å²) in [5.41, 5.74) is 4.52. The van der Waals surface area contributed by atoms with Crippen molar-refractivity contribution in [2.24, 2.45) is 5.10 Å². The number of sulfonamides is 1. The van der Waals surface area contributed by atoms with Gasteiger partial charge >= 0.3 is 0 Å². The van der Waals surface area contributed by atoms with Crippen molar-refractivity contribution in [3.8, 4) is 0 Å². The first-order valence-corrected chi connectivity index (χ1v) is 11.8. The molecule has 0 atom stereocenters. The van der Waals surface area contributed by atoms with E-state index in [1.54, 1.807) is 20.1 Å². The summed E-state index contributed by atoms with van der Waals surface area (Å²) in [6.07, 6.45) is 1.57. The van der Waals surface area contributed by atoms with Gasteiger partial charge in [-0.3, -0.25) is 15.5 Å². The van der Waals surface area contributed by atoms with Gasteiger partial charge in [0.15, 0.2) is 0 Å². The maximum atomic E-state index is 13.0. The van der Waals surface area contributed by atoms with E-state index in [-0.39, 0.29) is 29.4 Å². The van der Waals surface area contributed by atoms with Crippen LogP contribution in [-0.2, 0) is 14.8 Å². The zero-order valence-corrected chi connectivity index (χ0v) is 18.9. The number of hydrogen-bond donors (Lipinski definition) is 1. The second-order valence-corrected chi connectivity index (χ2v) is 8.99. The van der Waals surface area contributed by atoms with Gasteiger partial charge in [0.1, 0.15) is 4.90 Å².